The van der Waals surface area contributed by atoms with Crippen LogP contribution >= 0.6 is 0 Å². The van der Waals surface area contributed by atoms with Gasteiger partial charge in [0.2, 0.25) is 0 Å². The molecule has 92 valence electrons. The molecule has 17 heavy (non-hydrogen) atoms. The summed E-state index contributed by atoms with van der Waals surface area (Å²) < 4.78 is 10.9. The second-order valence-corrected chi connectivity index (χ2v) is 5.52. The van der Waals surface area contributed by atoms with E-state index in [0.717, 1.165) is 5.56 Å². The minimum absolute atomic E-state index is 0.182. The number of hydrogen-bond acceptors (Lipinski definition) is 3. The fourth-order valence-electron chi connectivity index (χ4n) is 1.76. The van der Waals surface area contributed by atoms with Gasteiger partial charge in [0.15, 0.2) is 5.60 Å². The van der Waals surface area contributed by atoms with Gasteiger partial charge in [0.25, 0.3) is 0 Å². The first-order chi connectivity index (χ1) is 7.83. The first-order valence-corrected chi connectivity index (χ1v) is 5.79. The Kier molecular flexibility index (Phi) is 2.74. The molecule has 0 aliphatic carbocycles. The van der Waals surface area contributed by atoms with E-state index in [1.54, 1.807) is 6.92 Å². The lowest BCUT2D eigenvalue weighted by Crippen LogP contribution is -2.32. The summed E-state index contributed by atoms with van der Waals surface area (Å²) in [6.07, 6.45) is -0.182. The number of epoxide rings is 1. The van der Waals surface area contributed by atoms with E-state index in [1.165, 1.54) is 0 Å². The van der Waals surface area contributed by atoms with Crippen molar-refractivity contribution in [3.8, 4) is 0 Å². The second-order valence-electron chi connectivity index (χ2n) is 5.52. The molecule has 1 saturated heterocycles. The third-order valence-electron chi connectivity index (χ3n) is 2.71. The highest BCUT2D eigenvalue weighted by molar-refractivity contribution is 5.83. The van der Waals surface area contributed by atoms with Crippen LogP contribution in [0.5, 0.6) is 0 Å². The first kappa shape index (κ1) is 12.1. The van der Waals surface area contributed by atoms with Gasteiger partial charge in [-0.1, -0.05) is 30.3 Å². The predicted molar refractivity (Wildman–Crippen MR) is 64.5 cm³/mol. The Morgan fingerprint density at radius 1 is 1.29 bits per heavy atom. The molecule has 0 spiro atoms. The van der Waals surface area contributed by atoms with Crippen molar-refractivity contribution in [1.82, 2.24) is 0 Å². The van der Waals surface area contributed by atoms with Crippen LogP contribution in [0.2, 0.25) is 0 Å². The van der Waals surface area contributed by atoms with Crippen LogP contribution in [0.15, 0.2) is 30.3 Å². The van der Waals surface area contributed by atoms with Crippen molar-refractivity contribution < 1.29 is 14.3 Å². The van der Waals surface area contributed by atoms with Gasteiger partial charge in [-0.3, -0.25) is 0 Å². The summed E-state index contributed by atoms with van der Waals surface area (Å²) in [4.78, 5) is 12.0. The normalized spacial score (nSPS) is 27.6. The third kappa shape index (κ3) is 2.50. The van der Waals surface area contributed by atoms with Crippen molar-refractivity contribution in [3.05, 3.63) is 35.9 Å². The maximum atomic E-state index is 12.0. The van der Waals surface area contributed by atoms with Gasteiger partial charge in [0.1, 0.15) is 11.7 Å². The molecule has 1 fully saturated rings. The van der Waals surface area contributed by atoms with Gasteiger partial charge in [-0.25, -0.2) is 4.79 Å². The molecule has 0 unspecified atom stereocenters. The molecule has 1 aromatic carbocycles. The van der Waals surface area contributed by atoms with Gasteiger partial charge in [-0.05, 0) is 33.3 Å². The van der Waals surface area contributed by atoms with Gasteiger partial charge < -0.3 is 9.47 Å². The Morgan fingerprint density at radius 2 is 1.88 bits per heavy atom. The largest absolute Gasteiger partial charge is 0.458 e. The monoisotopic (exact) mass is 234 g/mol. The van der Waals surface area contributed by atoms with Crippen LogP contribution in [0.25, 0.3) is 0 Å². The molecule has 1 heterocycles. The predicted octanol–water partition coefficient (Wildman–Crippen LogP) is 2.86. The summed E-state index contributed by atoms with van der Waals surface area (Å²) in [5.41, 5.74) is -0.289. The van der Waals surface area contributed by atoms with E-state index in [9.17, 15) is 4.79 Å². The molecule has 3 heteroatoms. The molecule has 0 N–H and O–H groups in total. The quantitative estimate of drug-likeness (QED) is 0.583. The molecular formula is C14H18O3. The SMILES string of the molecule is CC(C)(C)OC(=O)[C@]1(C)O[C@H]1c1ccccc1. The Bertz CT molecular complexity index is 419. The van der Waals surface area contributed by atoms with Crippen LogP contribution in [0.1, 0.15) is 39.4 Å². The smallest absolute Gasteiger partial charge is 0.341 e. The maximum Gasteiger partial charge on any atom is 0.341 e. The number of rotatable bonds is 2. The second kappa shape index (κ2) is 3.84. The fraction of sp³-hybridized carbons (Fsp3) is 0.500. The van der Waals surface area contributed by atoms with Crippen molar-refractivity contribution in [2.75, 3.05) is 0 Å². The van der Waals surface area contributed by atoms with Crippen molar-refractivity contribution in [3.63, 3.8) is 0 Å². The van der Waals surface area contributed by atoms with Crippen LogP contribution in [0.3, 0.4) is 0 Å². The van der Waals surface area contributed by atoms with Crippen LogP contribution < -0.4 is 0 Å². The van der Waals surface area contributed by atoms with Crippen molar-refractivity contribution in [2.24, 2.45) is 0 Å². The van der Waals surface area contributed by atoms with Crippen LogP contribution in [-0.4, -0.2) is 17.2 Å². The summed E-state index contributed by atoms with van der Waals surface area (Å²) in [5.74, 6) is -0.293. The molecule has 0 saturated carbocycles. The summed E-state index contributed by atoms with van der Waals surface area (Å²) in [6.45, 7) is 7.34. The number of carbonyl (C=O) groups excluding carboxylic acids is 1. The first-order valence-electron chi connectivity index (χ1n) is 5.79. The Hall–Kier alpha value is -1.35. The Morgan fingerprint density at radius 3 is 2.41 bits per heavy atom. The maximum absolute atomic E-state index is 12.0. The number of hydrogen-bond donors (Lipinski definition) is 0. The Labute approximate surface area is 102 Å². The van der Waals surface area contributed by atoms with E-state index >= 15 is 0 Å². The molecule has 1 aliphatic rings. The van der Waals surface area contributed by atoms with Crippen LogP contribution in [0, 0.1) is 0 Å². The standard InChI is InChI=1S/C14H18O3/c1-13(2,3)17-12(15)14(4)11(16-14)10-8-6-5-7-9-10/h5-9,11H,1-4H3/t11-,14+/m0/s1. The summed E-state index contributed by atoms with van der Waals surface area (Å²) >= 11 is 0. The van der Waals surface area contributed by atoms with Gasteiger partial charge in [0.05, 0.1) is 0 Å². The Balaban J connectivity index is 2.07. The highest BCUT2D eigenvalue weighted by atomic mass is 16.7. The molecule has 1 aromatic rings. The molecule has 2 rings (SSSR count). The van der Waals surface area contributed by atoms with E-state index in [0.29, 0.717) is 0 Å². The van der Waals surface area contributed by atoms with E-state index in [2.05, 4.69) is 0 Å². The molecule has 0 bridgehead atoms. The zero-order valence-corrected chi connectivity index (χ0v) is 10.7. The van der Waals surface area contributed by atoms with E-state index in [1.807, 2.05) is 51.1 Å². The average molecular weight is 234 g/mol. The minimum Gasteiger partial charge on any atom is -0.458 e. The molecule has 0 amide bonds. The zero-order valence-electron chi connectivity index (χ0n) is 10.7. The minimum atomic E-state index is -0.825. The summed E-state index contributed by atoms with van der Waals surface area (Å²) in [5, 5.41) is 0. The fourth-order valence-corrected chi connectivity index (χ4v) is 1.76. The van der Waals surface area contributed by atoms with Gasteiger partial charge in [0, 0.05) is 0 Å². The van der Waals surface area contributed by atoms with Gasteiger partial charge >= 0.3 is 5.97 Å². The topological polar surface area (TPSA) is 38.8 Å². The number of carbonyl (C=O) groups is 1. The molecule has 3 nitrogen and oxygen atoms in total. The average Bonchev–Trinajstić information content (AvgIpc) is 2.91. The number of benzene rings is 1. The summed E-state index contributed by atoms with van der Waals surface area (Å²) in [7, 11) is 0. The highest BCUT2D eigenvalue weighted by Gasteiger charge is 2.61. The van der Waals surface area contributed by atoms with Gasteiger partial charge in [-0.15, -0.1) is 0 Å². The number of ether oxygens (including phenoxy) is 2. The van der Waals surface area contributed by atoms with Crippen molar-refractivity contribution >= 4 is 5.97 Å². The number of esters is 1. The van der Waals surface area contributed by atoms with E-state index in [-0.39, 0.29) is 12.1 Å². The van der Waals surface area contributed by atoms with Crippen LogP contribution in [-0.2, 0) is 14.3 Å². The lowest BCUT2D eigenvalue weighted by atomic mass is 10.0. The third-order valence-corrected chi connectivity index (χ3v) is 2.71. The lowest BCUT2D eigenvalue weighted by Gasteiger charge is -2.21. The van der Waals surface area contributed by atoms with E-state index < -0.39 is 11.2 Å². The van der Waals surface area contributed by atoms with Gasteiger partial charge in [-0.2, -0.15) is 0 Å². The van der Waals surface area contributed by atoms with Crippen molar-refractivity contribution in [1.29, 1.82) is 0 Å². The van der Waals surface area contributed by atoms with Crippen LogP contribution in [0.4, 0.5) is 0 Å². The zero-order chi connectivity index (χ0) is 12.7. The van der Waals surface area contributed by atoms with E-state index in [4.69, 9.17) is 9.47 Å². The summed E-state index contributed by atoms with van der Waals surface area (Å²) in [6, 6.07) is 9.73. The molecule has 1 aliphatic heterocycles. The lowest BCUT2D eigenvalue weighted by molar-refractivity contribution is -0.160. The molecule has 2 atom stereocenters. The molecule has 0 aromatic heterocycles. The highest BCUT2D eigenvalue weighted by Crippen LogP contribution is 2.50. The molecule has 0 radical (unpaired) electrons. The van der Waals surface area contributed by atoms with Crippen molar-refractivity contribution in [2.45, 2.75) is 45.0 Å². The molecular weight excluding hydrogens is 216 g/mol.